The molecule has 0 radical (unpaired) electrons. The molecular formula is C18H24N4. The number of aromatic nitrogens is 2. The summed E-state index contributed by atoms with van der Waals surface area (Å²) in [6.07, 6.45) is 6.61. The average Bonchev–Trinajstić information content (AvgIpc) is 2.82. The van der Waals surface area contributed by atoms with Crippen LogP contribution in [0.3, 0.4) is 0 Å². The van der Waals surface area contributed by atoms with Crippen molar-refractivity contribution in [2.24, 2.45) is 0 Å². The van der Waals surface area contributed by atoms with Crippen LogP contribution >= 0.6 is 0 Å². The van der Waals surface area contributed by atoms with E-state index in [9.17, 15) is 0 Å². The Morgan fingerprint density at radius 3 is 2.68 bits per heavy atom. The van der Waals surface area contributed by atoms with Crippen LogP contribution in [0, 0.1) is 0 Å². The molecule has 1 unspecified atom stereocenters. The van der Waals surface area contributed by atoms with Gasteiger partial charge in [0.15, 0.2) is 0 Å². The van der Waals surface area contributed by atoms with Crippen LogP contribution in [-0.2, 0) is 6.54 Å². The minimum atomic E-state index is 0.338. The predicted molar refractivity (Wildman–Crippen MR) is 88.4 cm³/mol. The van der Waals surface area contributed by atoms with Crippen LogP contribution in [-0.4, -0.2) is 45.9 Å². The summed E-state index contributed by atoms with van der Waals surface area (Å²) in [5.41, 5.74) is 2.47. The van der Waals surface area contributed by atoms with Crippen molar-refractivity contribution >= 4 is 0 Å². The molecule has 116 valence electrons. The van der Waals surface area contributed by atoms with Crippen LogP contribution in [0.15, 0.2) is 48.9 Å². The Morgan fingerprint density at radius 1 is 1.05 bits per heavy atom. The summed E-state index contributed by atoms with van der Waals surface area (Å²) < 4.78 is 0. The quantitative estimate of drug-likeness (QED) is 0.868. The summed E-state index contributed by atoms with van der Waals surface area (Å²) in [6, 6.07) is 11.1. The van der Waals surface area contributed by atoms with Crippen molar-refractivity contribution in [3.05, 3.63) is 60.2 Å². The zero-order valence-corrected chi connectivity index (χ0v) is 13.2. The van der Waals surface area contributed by atoms with E-state index in [0.29, 0.717) is 6.04 Å². The van der Waals surface area contributed by atoms with Crippen molar-refractivity contribution < 1.29 is 0 Å². The second kappa shape index (κ2) is 7.47. The van der Waals surface area contributed by atoms with E-state index in [0.717, 1.165) is 31.9 Å². The summed E-state index contributed by atoms with van der Waals surface area (Å²) in [5.74, 6) is 0. The van der Waals surface area contributed by atoms with Gasteiger partial charge in [0.1, 0.15) is 0 Å². The Hall–Kier alpha value is -1.78. The summed E-state index contributed by atoms with van der Waals surface area (Å²) in [4.78, 5) is 13.7. The molecule has 4 nitrogen and oxygen atoms in total. The second-order valence-corrected chi connectivity index (χ2v) is 5.96. The van der Waals surface area contributed by atoms with Crippen molar-refractivity contribution in [3.8, 4) is 0 Å². The van der Waals surface area contributed by atoms with Gasteiger partial charge in [-0.2, -0.15) is 0 Å². The van der Waals surface area contributed by atoms with Gasteiger partial charge >= 0.3 is 0 Å². The maximum Gasteiger partial charge on any atom is 0.0755 e. The van der Waals surface area contributed by atoms with Crippen LogP contribution in [0.5, 0.6) is 0 Å². The van der Waals surface area contributed by atoms with Gasteiger partial charge in [0.05, 0.1) is 11.7 Å². The zero-order valence-electron chi connectivity index (χ0n) is 13.2. The van der Waals surface area contributed by atoms with E-state index in [1.807, 2.05) is 6.20 Å². The maximum absolute atomic E-state index is 4.45. The van der Waals surface area contributed by atoms with E-state index >= 15 is 0 Å². The molecular weight excluding hydrogens is 272 g/mol. The third-order valence-electron chi connectivity index (χ3n) is 4.43. The molecule has 2 heterocycles. The van der Waals surface area contributed by atoms with Gasteiger partial charge in [-0.05, 0) is 25.5 Å². The molecule has 0 saturated carbocycles. The van der Waals surface area contributed by atoms with Gasteiger partial charge < -0.3 is 0 Å². The Labute approximate surface area is 132 Å². The molecule has 0 aliphatic carbocycles. The highest BCUT2D eigenvalue weighted by Gasteiger charge is 2.21. The SMILES string of the molecule is CC(c1cnccn1)N1CCCN(Cc2ccccc2)CC1. The van der Waals surface area contributed by atoms with E-state index in [4.69, 9.17) is 0 Å². The molecule has 1 aromatic heterocycles. The predicted octanol–water partition coefficient (Wildman–Crippen LogP) is 2.75. The number of hydrogen-bond acceptors (Lipinski definition) is 4. The van der Waals surface area contributed by atoms with Crippen LogP contribution in [0.25, 0.3) is 0 Å². The molecule has 0 bridgehead atoms. The third kappa shape index (κ3) is 3.90. The maximum atomic E-state index is 4.45. The van der Waals surface area contributed by atoms with Gasteiger partial charge in [-0.15, -0.1) is 0 Å². The molecule has 0 amide bonds. The van der Waals surface area contributed by atoms with E-state index in [-0.39, 0.29) is 0 Å². The standard InChI is InChI=1S/C18H24N4/c1-16(18-14-19-8-9-20-18)22-11-5-10-21(12-13-22)15-17-6-3-2-4-7-17/h2-4,6-9,14,16H,5,10-13,15H2,1H3. The zero-order chi connectivity index (χ0) is 15.2. The monoisotopic (exact) mass is 296 g/mol. The first kappa shape index (κ1) is 15.1. The summed E-state index contributed by atoms with van der Waals surface area (Å²) in [5, 5.41) is 0. The Kier molecular flexibility index (Phi) is 5.14. The highest BCUT2D eigenvalue weighted by Crippen LogP contribution is 2.19. The number of hydrogen-bond donors (Lipinski definition) is 0. The van der Waals surface area contributed by atoms with Crippen LogP contribution < -0.4 is 0 Å². The number of nitrogens with zero attached hydrogens (tertiary/aromatic N) is 4. The minimum Gasteiger partial charge on any atom is -0.298 e. The van der Waals surface area contributed by atoms with Crippen molar-refractivity contribution in [1.82, 2.24) is 19.8 Å². The van der Waals surface area contributed by atoms with Gasteiger partial charge in [0, 0.05) is 44.8 Å². The highest BCUT2D eigenvalue weighted by atomic mass is 15.2. The molecule has 0 spiro atoms. The molecule has 4 heteroatoms. The topological polar surface area (TPSA) is 32.3 Å². The third-order valence-corrected chi connectivity index (χ3v) is 4.43. The number of rotatable bonds is 4. The normalized spacial score (nSPS) is 18.8. The van der Waals surface area contributed by atoms with Gasteiger partial charge in [0.25, 0.3) is 0 Å². The Morgan fingerprint density at radius 2 is 1.91 bits per heavy atom. The first-order chi connectivity index (χ1) is 10.8. The molecule has 1 aliphatic rings. The lowest BCUT2D eigenvalue weighted by atomic mass is 10.2. The Bertz CT molecular complexity index is 558. The minimum absolute atomic E-state index is 0.338. The van der Waals surface area contributed by atoms with Crippen LogP contribution in [0.4, 0.5) is 0 Å². The largest absolute Gasteiger partial charge is 0.298 e. The molecule has 1 saturated heterocycles. The van der Waals surface area contributed by atoms with E-state index in [1.54, 1.807) is 12.4 Å². The van der Waals surface area contributed by atoms with Gasteiger partial charge in [-0.1, -0.05) is 30.3 Å². The highest BCUT2D eigenvalue weighted by molar-refractivity contribution is 5.14. The van der Waals surface area contributed by atoms with E-state index in [1.165, 1.54) is 18.5 Å². The van der Waals surface area contributed by atoms with Crippen molar-refractivity contribution in [3.63, 3.8) is 0 Å². The van der Waals surface area contributed by atoms with Crippen LogP contribution in [0.1, 0.15) is 30.6 Å². The first-order valence-electron chi connectivity index (χ1n) is 8.09. The van der Waals surface area contributed by atoms with Crippen molar-refractivity contribution in [1.29, 1.82) is 0 Å². The second-order valence-electron chi connectivity index (χ2n) is 5.96. The fraction of sp³-hybridized carbons (Fsp3) is 0.444. The summed E-state index contributed by atoms with van der Waals surface area (Å²) in [7, 11) is 0. The molecule has 22 heavy (non-hydrogen) atoms. The average molecular weight is 296 g/mol. The fourth-order valence-corrected chi connectivity index (χ4v) is 3.09. The van der Waals surface area contributed by atoms with Crippen molar-refractivity contribution in [2.75, 3.05) is 26.2 Å². The van der Waals surface area contributed by atoms with Crippen LogP contribution in [0.2, 0.25) is 0 Å². The molecule has 0 N–H and O–H groups in total. The van der Waals surface area contributed by atoms with Gasteiger partial charge in [-0.25, -0.2) is 0 Å². The molecule has 1 atom stereocenters. The van der Waals surface area contributed by atoms with E-state index < -0.39 is 0 Å². The summed E-state index contributed by atoms with van der Waals surface area (Å²) >= 11 is 0. The lowest BCUT2D eigenvalue weighted by molar-refractivity contribution is 0.205. The Balaban J connectivity index is 1.58. The van der Waals surface area contributed by atoms with Gasteiger partial charge in [0.2, 0.25) is 0 Å². The molecule has 1 fully saturated rings. The molecule has 3 rings (SSSR count). The number of benzene rings is 1. The van der Waals surface area contributed by atoms with E-state index in [2.05, 4.69) is 57.0 Å². The smallest absolute Gasteiger partial charge is 0.0755 e. The summed E-state index contributed by atoms with van der Waals surface area (Å²) in [6.45, 7) is 7.77. The van der Waals surface area contributed by atoms with Gasteiger partial charge in [-0.3, -0.25) is 19.8 Å². The lowest BCUT2D eigenvalue weighted by Crippen LogP contribution is -2.32. The molecule has 1 aromatic carbocycles. The molecule has 1 aliphatic heterocycles. The lowest BCUT2D eigenvalue weighted by Gasteiger charge is -2.27. The fourth-order valence-electron chi connectivity index (χ4n) is 3.09. The van der Waals surface area contributed by atoms with Crippen molar-refractivity contribution in [2.45, 2.75) is 25.9 Å². The first-order valence-corrected chi connectivity index (χ1v) is 8.09. The molecule has 2 aromatic rings.